The first kappa shape index (κ1) is 21.4. The number of aromatic nitrogens is 1. The Labute approximate surface area is 207 Å². The molecule has 5 nitrogen and oxygen atoms in total. The molecule has 0 saturated heterocycles. The highest BCUT2D eigenvalue weighted by Crippen LogP contribution is 2.37. The van der Waals surface area contributed by atoms with Crippen LogP contribution >= 0.6 is 11.8 Å². The second-order valence-electron chi connectivity index (χ2n) is 8.59. The molecule has 6 heteroatoms. The number of fused-ring (bicyclic) bond motifs is 2. The van der Waals surface area contributed by atoms with Crippen LogP contribution in [0.15, 0.2) is 94.8 Å². The van der Waals surface area contributed by atoms with Crippen molar-refractivity contribution in [2.45, 2.75) is 13.8 Å². The van der Waals surface area contributed by atoms with Gasteiger partial charge in [-0.25, -0.2) is 0 Å². The predicted molar refractivity (Wildman–Crippen MR) is 145 cm³/mol. The number of amidine groups is 2. The van der Waals surface area contributed by atoms with Gasteiger partial charge in [0.15, 0.2) is 5.17 Å². The molecule has 0 bridgehead atoms. The highest BCUT2D eigenvalue weighted by molar-refractivity contribution is 8.17. The van der Waals surface area contributed by atoms with E-state index in [4.69, 9.17) is 5.41 Å². The molecule has 35 heavy (non-hydrogen) atoms. The van der Waals surface area contributed by atoms with E-state index < -0.39 is 0 Å². The van der Waals surface area contributed by atoms with Gasteiger partial charge < -0.3 is 4.57 Å². The molecule has 0 fully saturated rings. The molecule has 1 N–H and O–H groups in total. The summed E-state index contributed by atoms with van der Waals surface area (Å²) in [7, 11) is 0. The van der Waals surface area contributed by atoms with Crippen molar-refractivity contribution in [3.8, 4) is 5.69 Å². The molecule has 1 aromatic heterocycles. The zero-order valence-corrected chi connectivity index (χ0v) is 20.1. The molecule has 0 atom stereocenters. The van der Waals surface area contributed by atoms with Gasteiger partial charge in [0.2, 0.25) is 0 Å². The summed E-state index contributed by atoms with van der Waals surface area (Å²) in [6, 6.07) is 26.6. The van der Waals surface area contributed by atoms with Gasteiger partial charge in [0.05, 0.1) is 17.0 Å². The summed E-state index contributed by atoms with van der Waals surface area (Å²) in [5, 5.41) is 13.7. The first-order valence-corrected chi connectivity index (χ1v) is 12.2. The Morgan fingerprint density at radius 3 is 2.51 bits per heavy atom. The average Bonchev–Trinajstić information content (AvgIpc) is 3.42. The van der Waals surface area contributed by atoms with Crippen LogP contribution in [0.1, 0.15) is 22.5 Å². The molecule has 0 aliphatic carbocycles. The molecule has 0 spiro atoms. The van der Waals surface area contributed by atoms with Crippen LogP contribution in [0.3, 0.4) is 0 Å². The van der Waals surface area contributed by atoms with Crippen molar-refractivity contribution in [2.75, 3.05) is 0 Å². The van der Waals surface area contributed by atoms with E-state index in [0.29, 0.717) is 5.17 Å². The Morgan fingerprint density at radius 1 is 0.943 bits per heavy atom. The second-order valence-corrected chi connectivity index (χ2v) is 9.43. The fourth-order valence-electron chi connectivity index (χ4n) is 4.78. The lowest BCUT2D eigenvalue weighted by Crippen LogP contribution is -2.38. The maximum Gasteiger partial charge on any atom is 0.283 e. The fourth-order valence-corrected chi connectivity index (χ4v) is 5.67. The Bertz CT molecular complexity index is 1620. The molecule has 2 aliphatic rings. The average molecular weight is 475 g/mol. The standard InChI is InChI=1S/C29H22N4OS/c1-18-15-22(19(2)32(18)25-14-8-12-20-9-6-7-13-23(20)25)16-24-27(30)33-26(21-10-4-3-5-11-21)17-35-29(33)31-28(24)34/h3-17,30H,1-2H3/b24-16-,30-27?. The Hall–Kier alpha value is -4.16. The van der Waals surface area contributed by atoms with Crippen molar-refractivity contribution in [2.24, 2.45) is 4.99 Å². The Morgan fingerprint density at radius 2 is 1.69 bits per heavy atom. The van der Waals surface area contributed by atoms with Crippen LogP contribution in [0.25, 0.3) is 28.2 Å². The third-order valence-electron chi connectivity index (χ3n) is 6.46. The van der Waals surface area contributed by atoms with Gasteiger partial charge in [0.25, 0.3) is 5.91 Å². The minimum Gasteiger partial charge on any atom is -0.317 e. The van der Waals surface area contributed by atoms with E-state index >= 15 is 0 Å². The molecule has 4 aromatic rings. The third kappa shape index (κ3) is 3.45. The molecule has 0 unspecified atom stereocenters. The molecule has 6 rings (SSSR count). The highest BCUT2D eigenvalue weighted by atomic mass is 32.2. The number of amides is 1. The van der Waals surface area contributed by atoms with Crippen LogP contribution in [0.5, 0.6) is 0 Å². The third-order valence-corrected chi connectivity index (χ3v) is 7.29. The van der Waals surface area contributed by atoms with Crippen molar-refractivity contribution in [1.29, 1.82) is 5.41 Å². The number of hydrogen-bond donors (Lipinski definition) is 1. The lowest BCUT2D eigenvalue weighted by molar-refractivity contribution is -0.114. The first-order chi connectivity index (χ1) is 17.0. The number of aryl methyl sites for hydroxylation is 1. The van der Waals surface area contributed by atoms with E-state index in [9.17, 15) is 4.79 Å². The molecule has 0 radical (unpaired) electrons. The fraction of sp³-hybridized carbons (Fsp3) is 0.0690. The van der Waals surface area contributed by atoms with Crippen LogP contribution in [-0.4, -0.2) is 26.4 Å². The summed E-state index contributed by atoms with van der Waals surface area (Å²) in [4.78, 5) is 19.0. The molecule has 3 heterocycles. The van der Waals surface area contributed by atoms with Gasteiger partial charge in [-0.2, -0.15) is 4.99 Å². The van der Waals surface area contributed by atoms with E-state index in [2.05, 4.69) is 52.9 Å². The van der Waals surface area contributed by atoms with Crippen LogP contribution in [0.4, 0.5) is 0 Å². The predicted octanol–water partition coefficient (Wildman–Crippen LogP) is 6.55. The smallest absolute Gasteiger partial charge is 0.283 e. The first-order valence-electron chi connectivity index (χ1n) is 11.4. The summed E-state index contributed by atoms with van der Waals surface area (Å²) in [5.74, 6) is -0.235. The minimum absolute atomic E-state index is 0.148. The highest BCUT2D eigenvalue weighted by Gasteiger charge is 2.36. The van der Waals surface area contributed by atoms with Crippen molar-refractivity contribution < 1.29 is 4.79 Å². The number of thioether (sulfide) groups is 1. The Kier molecular flexibility index (Phi) is 5.04. The van der Waals surface area contributed by atoms with E-state index in [0.717, 1.165) is 33.9 Å². The number of carbonyl (C=O) groups excluding carboxylic acids is 1. The summed E-state index contributed by atoms with van der Waals surface area (Å²) in [6.07, 6.45) is 1.81. The van der Waals surface area contributed by atoms with Crippen molar-refractivity contribution in [1.82, 2.24) is 9.47 Å². The van der Waals surface area contributed by atoms with Gasteiger partial charge >= 0.3 is 0 Å². The number of nitrogens with one attached hydrogen (secondary N) is 1. The van der Waals surface area contributed by atoms with Gasteiger partial charge in [-0.15, -0.1) is 0 Å². The quantitative estimate of drug-likeness (QED) is 0.343. The van der Waals surface area contributed by atoms with Crippen molar-refractivity contribution in [3.05, 3.63) is 112 Å². The van der Waals surface area contributed by atoms with Gasteiger partial charge in [0, 0.05) is 22.2 Å². The van der Waals surface area contributed by atoms with E-state index in [1.54, 1.807) is 11.0 Å². The molecule has 2 aliphatic heterocycles. The van der Waals surface area contributed by atoms with Crippen LogP contribution in [0.2, 0.25) is 0 Å². The largest absolute Gasteiger partial charge is 0.317 e. The van der Waals surface area contributed by atoms with Gasteiger partial charge in [-0.3, -0.25) is 15.1 Å². The van der Waals surface area contributed by atoms with Crippen LogP contribution in [-0.2, 0) is 4.79 Å². The van der Waals surface area contributed by atoms with E-state index in [-0.39, 0.29) is 17.3 Å². The molecule has 0 saturated carbocycles. The summed E-state index contributed by atoms with van der Waals surface area (Å²) in [6.45, 7) is 4.11. The summed E-state index contributed by atoms with van der Waals surface area (Å²) in [5.41, 5.74) is 6.20. The summed E-state index contributed by atoms with van der Waals surface area (Å²) >= 11 is 1.37. The van der Waals surface area contributed by atoms with Crippen LogP contribution < -0.4 is 0 Å². The normalized spacial score (nSPS) is 16.6. The number of hydrogen-bond acceptors (Lipinski definition) is 3. The second kappa shape index (κ2) is 8.25. The zero-order chi connectivity index (χ0) is 24.1. The molecule has 1 amide bonds. The SMILES string of the molecule is Cc1cc(/C=C2/C(=N)N3C(c4ccccc4)=CSC3=NC2=O)c(C)n1-c1cccc2ccccc12. The molecule has 170 valence electrons. The molecular weight excluding hydrogens is 452 g/mol. The number of benzene rings is 3. The van der Waals surface area contributed by atoms with E-state index in [1.807, 2.05) is 54.8 Å². The molecule has 3 aromatic carbocycles. The maximum absolute atomic E-state index is 13.0. The van der Waals surface area contributed by atoms with Crippen molar-refractivity contribution in [3.63, 3.8) is 0 Å². The monoisotopic (exact) mass is 474 g/mol. The van der Waals surface area contributed by atoms with Crippen molar-refractivity contribution >= 4 is 51.2 Å². The Balaban J connectivity index is 1.43. The van der Waals surface area contributed by atoms with Gasteiger partial charge in [0.1, 0.15) is 5.84 Å². The van der Waals surface area contributed by atoms with Crippen LogP contribution in [0, 0.1) is 19.3 Å². The number of aliphatic imine (C=N–C) groups is 1. The van der Waals surface area contributed by atoms with Gasteiger partial charge in [-0.1, -0.05) is 78.5 Å². The lowest BCUT2D eigenvalue weighted by Gasteiger charge is -2.26. The topological polar surface area (TPSA) is 61.5 Å². The number of carbonyl (C=O) groups is 1. The van der Waals surface area contributed by atoms with E-state index in [1.165, 1.54) is 22.5 Å². The van der Waals surface area contributed by atoms with Gasteiger partial charge in [-0.05, 0) is 48.6 Å². The summed E-state index contributed by atoms with van der Waals surface area (Å²) < 4.78 is 2.21. The molecular formula is C29H22N4OS. The lowest BCUT2D eigenvalue weighted by atomic mass is 10.1. The zero-order valence-electron chi connectivity index (χ0n) is 19.3. The number of nitrogens with zero attached hydrogens (tertiary/aromatic N) is 3. The maximum atomic E-state index is 13.0. The number of rotatable bonds is 3. The minimum atomic E-state index is -0.383.